The summed E-state index contributed by atoms with van der Waals surface area (Å²) < 4.78 is 16.8. The fourth-order valence-corrected chi connectivity index (χ4v) is 7.92. The van der Waals surface area contributed by atoms with Crippen LogP contribution in [0.15, 0.2) is 72.9 Å². The maximum absolute atomic E-state index is 13.1. The van der Waals surface area contributed by atoms with Gasteiger partial charge >= 0.3 is 6.03 Å². The zero-order valence-corrected chi connectivity index (χ0v) is 38.3. The van der Waals surface area contributed by atoms with Gasteiger partial charge in [0.05, 0.1) is 69.6 Å². The van der Waals surface area contributed by atoms with Crippen molar-refractivity contribution in [3.05, 3.63) is 94.6 Å². The van der Waals surface area contributed by atoms with E-state index < -0.39 is 18.0 Å². The highest BCUT2D eigenvalue weighted by molar-refractivity contribution is 6.33. The average Bonchev–Trinajstić information content (AvgIpc) is 3.68. The molecule has 68 heavy (non-hydrogen) atoms. The molecule has 3 aliphatic heterocycles. The summed E-state index contributed by atoms with van der Waals surface area (Å²) in [7, 11) is 1.57. The summed E-state index contributed by atoms with van der Waals surface area (Å²) in [4.78, 5) is 89.1. The van der Waals surface area contributed by atoms with Gasteiger partial charge in [0.1, 0.15) is 11.1 Å². The van der Waals surface area contributed by atoms with Crippen molar-refractivity contribution >= 4 is 81.7 Å². The van der Waals surface area contributed by atoms with Crippen LogP contribution in [-0.2, 0) is 35.1 Å². The Kier molecular flexibility index (Phi) is 17.1. The Bertz CT molecular complexity index is 2450. The number of hydrogen-bond donors (Lipinski definition) is 7. The van der Waals surface area contributed by atoms with Gasteiger partial charge in [-0.2, -0.15) is 4.98 Å². The monoisotopic (exact) mass is 954 g/mol. The Balaban J connectivity index is 0.711. The number of nitrogens with two attached hydrogens (primary N) is 1. The van der Waals surface area contributed by atoms with Gasteiger partial charge < -0.3 is 61.2 Å². The first kappa shape index (κ1) is 49.0. The number of amides is 7. The standard InChI is InChI=1S/C46H55ClN12O9/c1-49-42(62)33-5-2-3-7-36(33)54-41-35(47)25-51-45(56-41)52-30-9-11-31(12-10-30)57-17-19-58(20-18-57)46(65)50-16-22-66-23-24-68-28-29(48)27-67-21-15-40(61)53-37-8-4-6-32-34(37)26-59(44(32)64)38-13-14-39(60)55-43(38)63/h2-12,25,29,38H,13-24,26-28,48H2,1H3,(H,49,62)(H,50,65)(H,53,61)(H,55,60,63)(H2,51,52,54,56). The van der Waals surface area contributed by atoms with Crippen LogP contribution in [0.25, 0.3) is 0 Å². The number of fused-ring (bicyclic) bond motifs is 1. The number of hydrogen-bond acceptors (Lipinski definition) is 15. The quantitative estimate of drug-likeness (QED) is 0.0468. The van der Waals surface area contributed by atoms with Crippen LogP contribution in [0.4, 0.5) is 39.3 Å². The number of piperazine rings is 1. The van der Waals surface area contributed by atoms with Crippen LogP contribution < -0.4 is 42.5 Å². The van der Waals surface area contributed by atoms with Crippen molar-refractivity contribution in [3.63, 3.8) is 0 Å². The molecule has 8 N–H and O–H groups in total. The van der Waals surface area contributed by atoms with Crippen molar-refractivity contribution in [1.29, 1.82) is 0 Å². The Labute approximate surface area is 397 Å². The summed E-state index contributed by atoms with van der Waals surface area (Å²) in [5.41, 5.74) is 10.4. The van der Waals surface area contributed by atoms with E-state index in [4.69, 9.17) is 31.5 Å². The second kappa shape index (κ2) is 23.7. The van der Waals surface area contributed by atoms with E-state index in [1.165, 1.54) is 11.1 Å². The normalized spacial score (nSPS) is 16.2. The lowest BCUT2D eigenvalue weighted by Gasteiger charge is -2.36. The zero-order chi connectivity index (χ0) is 48.0. The molecule has 0 saturated carbocycles. The van der Waals surface area contributed by atoms with Gasteiger partial charge in [-0.1, -0.05) is 29.8 Å². The highest BCUT2D eigenvalue weighted by Gasteiger charge is 2.40. The first-order valence-electron chi connectivity index (χ1n) is 22.3. The fraction of sp³-hybridized carbons (Fsp3) is 0.391. The second-order valence-corrected chi connectivity index (χ2v) is 16.5. The topological polar surface area (TPSA) is 264 Å². The van der Waals surface area contributed by atoms with Crippen LogP contribution in [0.2, 0.25) is 5.02 Å². The van der Waals surface area contributed by atoms with E-state index in [0.29, 0.717) is 97.4 Å². The summed E-state index contributed by atoms with van der Waals surface area (Å²) in [5, 5.41) is 17.3. The number of imide groups is 1. The van der Waals surface area contributed by atoms with Gasteiger partial charge in [0.15, 0.2) is 5.82 Å². The number of aromatic nitrogens is 2. The summed E-state index contributed by atoms with van der Waals surface area (Å²) in [5.74, 6) is -1.05. The highest BCUT2D eigenvalue weighted by Crippen LogP contribution is 2.33. The molecular weight excluding hydrogens is 900 g/mol. The molecule has 2 saturated heterocycles. The largest absolute Gasteiger partial charge is 0.379 e. The SMILES string of the molecule is CNC(=O)c1ccccc1Nc1nc(Nc2ccc(N3CCN(C(=O)NCCOCCOCC(N)COCCC(=O)Nc4cccc5c4CN(C4CCC(=O)NC4=O)C5=O)CC3)cc2)ncc1Cl. The van der Waals surface area contributed by atoms with E-state index in [1.54, 1.807) is 48.3 Å². The summed E-state index contributed by atoms with van der Waals surface area (Å²) in [6.45, 7) is 4.40. The van der Waals surface area contributed by atoms with Crippen LogP contribution in [0.3, 0.4) is 0 Å². The number of carbonyl (C=O) groups excluding carboxylic acids is 6. The molecule has 7 rings (SSSR count). The third-order valence-corrected chi connectivity index (χ3v) is 11.6. The van der Waals surface area contributed by atoms with Crippen LogP contribution >= 0.6 is 11.6 Å². The van der Waals surface area contributed by atoms with Crippen LogP contribution in [0, 0.1) is 0 Å². The van der Waals surface area contributed by atoms with Crippen LogP contribution in [0.5, 0.6) is 0 Å². The summed E-state index contributed by atoms with van der Waals surface area (Å²) >= 11 is 6.38. The number of nitrogens with zero attached hydrogens (tertiary/aromatic N) is 5. The van der Waals surface area contributed by atoms with Gasteiger partial charge in [0.25, 0.3) is 11.8 Å². The number of halogens is 1. The van der Waals surface area contributed by atoms with Gasteiger partial charge in [-0.15, -0.1) is 0 Å². The van der Waals surface area contributed by atoms with Gasteiger partial charge in [-0.25, -0.2) is 9.78 Å². The predicted octanol–water partition coefficient (Wildman–Crippen LogP) is 2.98. The molecule has 21 nitrogen and oxygen atoms in total. The lowest BCUT2D eigenvalue weighted by Crippen LogP contribution is -2.52. The van der Waals surface area contributed by atoms with Gasteiger partial charge in [-0.05, 0) is 55.0 Å². The molecule has 4 heterocycles. The number of carbonyl (C=O) groups is 6. The number of anilines is 6. The summed E-state index contributed by atoms with van der Waals surface area (Å²) in [6, 6.07) is 18.6. The van der Waals surface area contributed by atoms with Crippen LogP contribution in [-0.4, -0.2) is 147 Å². The van der Waals surface area contributed by atoms with E-state index in [-0.39, 0.29) is 75.3 Å². The van der Waals surface area contributed by atoms with Crippen molar-refractivity contribution in [2.24, 2.45) is 5.73 Å². The first-order valence-corrected chi connectivity index (χ1v) is 22.7. The van der Waals surface area contributed by atoms with E-state index in [0.717, 1.165) is 11.4 Å². The molecule has 0 spiro atoms. The maximum Gasteiger partial charge on any atom is 0.317 e. The predicted molar refractivity (Wildman–Crippen MR) is 253 cm³/mol. The number of benzene rings is 3. The highest BCUT2D eigenvalue weighted by atomic mass is 35.5. The lowest BCUT2D eigenvalue weighted by atomic mass is 10.0. The van der Waals surface area contributed by atoms with Gasteiger partial charge in [-0.3, -0.25) is 29.3 Å². The van der Waals surface area contributed by atoms with E-state index >= 15 is 0 Å². The second-order valence-electron chi connectivity index (χ2n) is 16.1. The molecule has 0 radical (unpaired) electrons. The number of ether oxygens (including phenoxy) is 3. The third kappa shape index (κ3) is 12.9. The van der Waals surface area contributed by atoms with Crippen molar-refractivity contribution in [2.45, 2.75) is 37.9 Å². The molecule has 360 valence electrons. The van der Waals surface area contributed by atoms with Crippen molar-refractivity contribution in [2.75, 3.05) is 100 Å². The van der Waals surface area contributed by atoms with E-state index in [9.17, 15) is 28.8 Å². The van der Waals surface area contributed by atoms with E-state index in [2.05, 4.69) is 46.8 Å². The zero-order valence-electron chi connectivity index (χ0n) is 37.6. The molecule has 4 aromatic rings. The van der Waals surface area contributed by atoms with Gasteiger partial charge in [0, 0.05) is 80.9 Å². The van der Waals surface area contributed by atoms with E-state index in [1.807, 2.05) is 30.3 Å². The smallest absolute Gasteiger partial charge is 0.317 e. The number of rotatable bonds is 21. The molecule has 2 atom stereocenters. The Morgan fingerprint density at radius 3 is 2.38 bits per heavy atom. The van der Waals surface area contributed by atoms with Crippen molar-refractivity contribution in [3.8, 4) is 0 Å². The Morgan fingerprint density at radius 2 is 1.62 bits per heavy atom. The number of piperidine rings is 1. The number of urea groups is 1. The minimum Gasteiger partial charge on any atom is -0.379 e. The minimum atomic E-state index is -0.746. The molecule has 2 unspecified atom stereocenters. The van der Waals surface area contributed by atoms with Crippen molar-refractivity contribution < 1.29 is 43.0 Å². The lowest BCUT2D eigenvalue weighted by molar-refractivity contribution is -0.137. The molecule has 0 bridgehead atoms. The maximum atomic E-state index is 13.1. The first-order chi connectivity index (χ1) is 33.0. The van der Waals surface area contributed by atoms with Crippen molar-refractivity contribution in [1.82, 2.24) is 35.7 Å². The fourth-order valence-electron chi connectivity index (χ4n) is 7.78. The Morgan fingerprint density at radius 1 is 0.882 bits per heavy atom. The molecule has 1 aromatic heterocycles. The molecule has 2 fully saturated rings. The number of nitrogens with one attached hydrogen (secondary N) is 6. The third-order valence-electron chi connectivity index (χ3n) is 11.3. The molecular formula is C46H55ClN12O9. The average molecular weight is 955 g/mol. The molecule has 0 aliphatic carbocycles. The molecule has 3 aromatic carbocycles. The summed E-state index contributed by atoms with van der Waals surface area (Å²) in [6.07, 6.45) is 1.95. The van der Waals surface area contributed by atoms with Gasteiger partial charge in [0.2, 0.25) is 23.7 Å². The Hall–Kier alpha value is -6.91. The molecule has 7 amide bonds. The molecule has 22 heteroatoms. The minimum absolute atomic E-state index is 0.0574. The number of para-hydroxylation sites is 1. The molecule has 3 aliphatic rings. The van der Waals surface area contributed by atoms with Crippen LogP contribution in [0.1, 0.15) is 45.5 Å².